The van der Waals surface area contributed by atoms with Gasteiger partial charge in [-0.25, -0.2) is 0 Å². The number of phenols is 2. The summed E-state index contributed by atoms with van der Waals surface area (Å²) in [5.41, 5.74) is 32.3. The van der Waals surface area contributed by atoms with Gasteiger partial charge in [-0.3, -0.25) is 0 Å². The van der Waals surface area contributed by atoms with Crippen LogP contribution in [0.4, 0.5) is 17.1 Å². The summed E-state index contributed by atoms with van der Waals surface area (Å²) in [6.45, 7) is 8.12. The van der Waals surface area contributed by atoms with Gasteiger partial charge in [-0.05, 0) is 223 Å². The fourth-order valence-corrected chi connectivity index (χ4v) is 15.9. The molecule has 1 heterocycles. The number of phenolic OH excluding ortho intramolecular Hbond substituents is 2. The van der Waals surface area contributed by atoms with Gasteiger partial charge in [-0.1, -0.05) is 207 Å². The molecule has 424 valence electrons. The summed E-state index contributed by atoms with van der Waals surface area (Å²) in [5.74, 6) is 0.520. The summed E-state index contributed by atoms with van der Waals surface area (Å²) in [5, 5.41) is 24.8. The second kappa shape index (κ2) is 20.1. The number of anilines is 3. The molecule has 1 spiro atoms. The molecule has 0 amide bonds. The van der Waals surface area contributed by atoms with E-state index in [9.17, 15) is 10.2 Å². The van der Waals surface area contributed by atoms with Crippen molar-refractivity contribution >= 4 is 55.6 Å². The molecule has 0 fully saturated rings. The van der Waals surface area contributed by atoms with Crippen LogP contribution in [0.25, 0.3) is 88.7 Å². The Hall–Kier alpha value is -10.9. The van der Waals surface area contributed by atoms with Gasteiger partial charge in [0, 0.05) is 44.6 Å². The zero-order chi connectivity index (χ0) is 59.8. The molecule has 13 aromatic rings. The smallest absolute Gasteiger partial charge is 0.130 e. The van der Waals surface area contributed by atoms with Gasteiger partial charge in [-0.15, -0.1) is 0 Å². The van der Waals surface area contributed by atoms with Crippen molar-refractivity contribution in [2.24, 2.45) is 5.92 Å². The van der Waals surface area contributed by atoms with E-state index in [4.69, 9.17) is 0 Å². The summed E-state index contributed by atoms with van der Waals surface area (Å²) < 4.78 is 2.35. The van der Waals surface area contributed by atoms with Crippen LogP contribution >= 0.6 is 0 Å². The van der Waals surface area contributed by atoms with E-state index < -0.39 is 5.41 Å². The molecule has 0 bridgehead atoms. The predicted octanol–water partition coefficient (Wildman–Crippen LogP) is 21.6. The highest BCUT2D eigenvalue weighted by molar-refractivity contribution is 6.15. The first kappa shape index (κ1) is 52.4. The number of para-hydroxylation sites is 2. The Morgan fingerprint density at radius 2 is 1.00 bits per heavy atom. The third kappa shape index (κ3) is 7.66. The molecule has 89 heavy (non-hydrogen) atoms. The molecular weight excluding hydrogens is 1080 g/mol. The van der Waals surface area contributed by atoms with E-state index in [0.29, 0.717) is 5.56 Å². The van der Waals surface area contributed by atoms with Crippen LogP contribution in [-0.4, -0.2) is 14.8 Å². The number of benzene rings is 12. The Labute approximate surface area is 519 Å². The Kier molecular flexibility index (Phi) is 11.8. The van der Waals surface area contributed by atoms with E-state index >= 15 is 0 Å². The highest BCUT2D eigenvalue weighted by atomic mass is 16.3. The second-order valence-corrected chi connectivity index (χ2v) is 24.7. The molecular formula is C85H62N2O2. The van der Waals surface area contributed by atoms with Crippen molar-refractivity contribution in [2.45, 2.75) is 39.5 Å². The van der Waals surface area contributed by atoms with Gasteiger partial charge in [0.05, 0.1) is 16.4 Å². The monoisotopic (exact) mass is 1140 g/mol. The van der Waals surface area contributed by atoms with Crippen molar-refractivity contribution in [2.75, 3.05) is 4.90 Å². The molecule has 2 N–H and O–H groups in total. The standard InChI is InChI=1S/C85H62N2O2/c1-51-22-21-34-71-66-32-19-20-35-74(66)85(82(51)71)75-47-58(57-38-45-77-72(46-57)69-42-37-59(48-78(69)87(77)61-29-15-8-16-30-61)79-52(2)53(3)83(88)54(4)84(79)89)36-41-67(75)68-44-40-63(50-76(68)85)86(60-27-13-7-14-28-60)62-39-43-65-64-31-17-18-33-70(64)81(73(65)49-62)80(55-23-9-5-10-24-55)56-25-11-6-12-26-56/h5-21,23-51,88-89H,22H2,1-4H3. The Morgan fingerprint density at radius 1 is 0.427 bits per heavy atom. The van der Waals surface area contributed by atoms with Crippen molar-refractivity contribution in [1.29, 1.82) is 0 Å². The van der Waals surface area contributed by atoms with E-state index in [1.807, 2.05) is 13.8 Å². The van der Waals surface area contributed by atoms with Crippen LogP contribution in [-0.2, 0) is 5.41 Å². The normalized spacial score (nSPS) is 15.7. The zero-order valence-electron chi connectivity index (χ0n) is 50.1. The van der Waals surface area contributed by atoms with Gasteiger partial charge in [0.25, 0.3) is 0 Å². The molecule has 4 aliphatic carbocycles. The fourth-order valence-electron chi connectivity index (χ4n) is 15.9. The number of hydrogen-bond acceptors (Lipinski definition) is 3. The third-order valence-electron chi connectivity index (χ3n) is 20.0. The van der Waals surface area contributed by atoms with Crippen molar-refractivity contribution in [3.8, 4) is 61.7 Å². The lowest BCUT2D eigenvalue weighted by atomic mass is 9.65. The summed E-state index contributed by atoms with van der Waals surface area (Å²) in [7, 11) is 0. The lowest BCUT2D eigenvalue weighted by Gasteiger charge is -2.37. The summed E-state index contributed by atoms with van der Waals surface area (Å²) in [6.07, 6.45) is 5.76. The van der Waals surface area contributed by atoms with Gasteiger partial charge in [0.1, 0.15) is 11.5 Å². The van der Waals surface area contributed by atoms with Gasteiger partial charge < -0.3 is 19.7 Å². The minimum absolute atomic E-state index is 0.108. The Balaban J connectivity index is 0.861. The highest BCUT2D eigenvalue weighted by Gasteiger charge is 2.54. The largest absolute Gasteiger partial charge is 0.507 e. The first-order valence-corrected chi connectivity index (χ1v) is 31.1. The van der Waals surface area contributed by atoms with Crippen LogP contribution in [0.5, 0.6) is 11.5 Å². The van der Waals surface area contributed by atoms with E-state index in [2.05, 4.69) is 289 Å². The van der Waals surface area contributed by atoms with Crippen molar-refractivity contribution in [1.82, 2.24) is 4.57 Å². The minimum atomic E-state index is -0.580. The number of aromatic hydroxyl groups is 2. The lowest BCUT2D eigenvalue weighted by molar-refractivity contribution is 0.441. The SMILES string of the molecule is Cc1c(C)c(-c2ccc3c4cc(-c5ccc6c(c5)C5(C7=C(C=CCC7C)c7ccccc75)c5cc(N(c7ccccc7)c7ccc8c(c7)C(=C(c7ccccc7)c7ccccc7)c7ccccc7-8)ccc5-6)ccc4n(-c4ccccc4)c3c2)c(O)c(C)c1O. The maximum absolute atomic E-state index is 11.6. The van der Waals surface area contributed by atoms with Crippen molar-refractivity contribution < 1.29 is 10.2 Å². The maximum Gasteiger partial charge on any atom is 0.130 e. The summed E-state index contributed by atoms with van der Waals surface area (Å²) in [6, 6.07) is 96.7. The molecule has 0 aliphatic heterocycles. The average Bonchev–Trinajstić information content (AvgIpc) is 1.52. The Bertz CT molecular complexity index is 5150. The number of nitrogens with zero attached hydrogens (tertiary/aromatic N) is 2. The van der Waals surface area contributed by atoms with Gasteiger partial charge >= 0.3 is 0 Å². The zero-order valence-corrected chi connectivity index (χ0v) is 50.1. The van der Waals surface area contributed by atoms with Crippen LogP contribution in [0, 0.1) is 26.7 Å². The fraction of sp³-hybridized carbons (Fsp3) is 0.0824. The second-order valence-electron chi connectivity index (χ2n) is 24.7. The van der Waals surface area contributed by atoms with Crippen molar-refractivity contribution in [3.63, 3.8) is 0 Å². The first-order valence-electron chi connectivity index (χ1n) is 31.1. The molecule has 4 heteroatoms. The number of allylic oxidation sites excluding steroid dienone is 4. The van der Waals surface area contributed by atoms with Gasteiger partial charge in [0.15, 0.2) is 0 Å². The lowest BCUT2D eigenvalue weighted by Crippen LogP contribution is -2.31. The van der Waals surface area contributed by atoms with E-state index in [0.717, 1.165) is 84.4 Å². The minimum Gasteiger partial charge on any atom is -0.507 e. The molecule has 12 aromatic carbocycles. The molecule has 4 nitrogen and oxygen atoms in total. The van der Waals surface area contributed by atoms with Crippen molar-refractivity contribution in [3.05, 3.63) is 340 Å². The molecule has 2 atom stereocenters. The summed E-state index contributed by atoms with van der Waals surface area (Å²) >= 11 is 0. The molecule has 4 aliphatic rings. The van der Waals surface area contributed by atoms with Crippen LogP contribution < -0.4 is 4.90 Å². The predicted molar refractivity (Wildman–Crippen MR) is 369 cm³/mol. The number of fused-ring (bicyclic) bond motifs is 15. The third-order valence-corrected chi connectivity index (χ3v) is 20.0. The average molecular weight is 1140 g/mol. The molecule has 2 unspecified atom stereocenters. The molecule has 1 aromatic heterocycles. The van der Waals surface area contributed by atoms with E-state index in [1.165, 1.54) is 89.1 Å². The molecule has 17 rings (SSSR count). The molecule has 0 saturated heterocycles. The van der Waals surface area contributed by atoms with Crippen LogP contribution in [0.2, 0.25) is 0 Å². The first-order chi connectivity index (χ1) is 43.7. The van der Waals surface area contributed by atoms with Crippen LogP contribution in [0.3, 0.4) is 0 Å². The highest BCUT2D eigenvalue weighted by Crippen LogP contribution is 2.66. The Morgan fingerprint density at radius 3 is 1.73 bits per heavy atom. The molecule has 0 radical (unpaired) electrons. The molecule has 0 saturated carbocycles. The quantitative estimate of drug-likeness (QED) is 0.159. The van der Waals surface area contributed by atoms with E-state index in [-0.39, 0.29) is 17.4 Å². The van der Waals surface area contributed by atoms with Crippen LogP contribution in [0.1, 0.15) is 74.5 Å². The van der Waals surface area contributed by atoms with E-state index in [1.54, 1.807) is 6.92 Å². The van der Waals surface area contributed by atoms with Gasteiger partial charge in [0.2, 0.25) is 0 Å². The van der Waals surface area contributed by atoms with Crippen LogP contribution in [0.15, 0.2) is 279 Å². The topological polar surface area (TPSA) is 48.6 Å². The summed E-state index contributed by atoms with van der Waals surface area (Å²) in [4.78, 5) is 2.48. The maximum atomic E-state index is 11.6. The number of aromatic nitrogens is 1. The van der Waals surface area contributed by atoms with Gasteiger partial charge in [-0.2, -0.15) is 0 Å². The number of rotatable bonds is 8. The number of hydrogen-bond donors (Lipinski definition) is 2.